The van der Waals surface area contributed by atoms with Crippen molar-refractivity contribution in [2.24, 2.45) is 0 Å². The number of nitrogens with zero attached hydrogens (tertiary/aromatic N) is 1. The van der Waals surface area contributed by atoms with Crippen molar-refractivity contribution in [3.8, 4) is 0 Å². The number of fused-ring (bicyclic) bond motifs is 1. The first-order valence-corrected chi connectivity index (χ1v) is 9.26. The first-order valence-electron chi connectivity index (χ1n) is 6.87. The van der Waals surface area contributed by atoms with E-state index in [1.54, 1.807) is 18.2 Å². The highest BCUT2D eigenvalue weighted by molar-refractivity contribution is 9.10. The van der Waals surface area contributed by atoms with Crippen molar-refractivity contribution in [1.82, 2.24) is 10.3 Å². The number of nitrogens with one attached hydrogen (secondary N) is 2. The minimum atomic E-state index is -0.379. The highest BCUT2D eigenvalue weighted by Crippen LogP contribution is 2.26. The molecule has 0 aliphatic heterocycles. The van der Waals surface area contributed by atoms with E-state index >= 15 is 0 Å². The SMILES string of the molecule is Cc1ccc2nc(NC(=S)NC(=O)c3cc(Br)ccc3Cl)sc2c1. The summed E-state index contributed by atoms with van der Waals surface area (Å²) in [5.41, 5.74) is 2.39. The number of aryl methyl sites for hydroxylation is 1. The molecule has 0 atom stereocenters. The third-order valence-corrected chi connectivity index (χ3v) is 5.13. The van der Waals surface area contributed by atoms with Gasteiger partial charge in [-0.3, -0.25) is 10.1 Å². The van der Waals surface area contributed by atoms with E-state index in [0.717, 1.165) is 20.3 Å². The van der Waals surface area contributed by atoms with Crippen LogP contribution in [0.25, 0.3) is 10.2 Å². The van der Waals surface area contributed by atoms with Crippen LogP contribution in [0, 0.1) is 6.92 Å². The van der Waals surface area contributed by atoms with Gasteiger partial charge in [0.15, 0.2) is 10.2 Å². The summed E-state index contributed by atoms with van der Waals surface area (Å²) in [7, 11) is 0. The summed E-state index contributed by atoms with van der Waals surface area (Å²) in [6.45, 7) is 2.03. The van der Waals surface area contributed by atoms with Gasteiger partial charge >= 0.3 is 0 Å². The Morgan fingerprint density at radius 3 is 2.88 bits per heavy atom. The second-order valence-corrected chi connectivity index (χ2v) is 7.78. The number of amides is 1. The maximum Gasteiger partial charge on any atom is 0.258 e. The van der Waals surface area contributed by atoms with Crippen LogP contribution < -0.4 is 10.6 Å². The Morgan fingerprint density at radius 1 is 1.29 bits per heavy atom. The molecule has 8 heteroatoms. The third kappa shape index (κ3) is 3.92. The van der Waals surface area contributed by atoms with Gasteiger partial charge in [-0.05, 0) is 55.0 Å². The molecule has 0 saturated heterocycles. The number of hydrogen-bond donors (Lipinski definition) is 2. The molecular weight excluding hydrogens is 430 g/mol. The second kappa shape index (κ2) is 7.14. The fourth-order valence-electron chi connectivity index (χ4n) is 2.06. The van der Waals surface area contributed by atoms with Gasteiger partial charge in [0.1, 0.15) is 0 Å². The van der Waals surface area contributed by atoms with Gasteiger partial charge in [-0.15, -0.1) is 0 Å². The number of thiocarbonyl (C=S) groups is 1. The van der Waals surface area contributed by atoms with Crippen LogP contribution in [0.4, 0.5) is 5.13 Å². The summed E-state index contributed by atoms with van der Waals surface area (Å²) in [4.78, 5) is 16.7. The molecule has 1 heterocycles. The van der Waals surface area contributed by atoms with Gasteiger partial charge in [-0.1, -0.05) is 44.9 Å². The Hall–Kier alpha value is -1.54. The molecule has 2 N–H and O–H groups in total. The molecule has 4 nitrogen and oxygen atoms in total. The molecule has 0 fully saturated rings. The Morgan fingerprint density at radius 2 is 2.08 bits per heavy atom. The normalized spacial score (nSPS) is 10.6. The maximum absolute atomic E-state index is 12.3. The fourth-order valence-corrected chi connectivity index (χ4v) is 3.84. The van der Waals surface area contributed by atoms with Crippen LogP contribution in [0.15, 0.2) is 40.9 Å². The molecule has 0 saturated carbocycles. The number of carbonyl (C=O) groups is 1. The van der Waals surface area contributed by atoms with Gasteiger partial charge in [0.2, 0.25) is 0 Å². The molecule has 0 aliphatic carbocycles. The molecule has 0 radical (unpaired) electrons. The molecule has 24 heavy (non-hydrogen) atoms. The van der Waals surface area contributed by atoms with E-state index in [1.807, 2.05) is 19.1 Å². The number of carbonyl (C=O) groups excluding carboxylic acids is 1. The summed E-state index contributed by atoms with van der Waals surface area (Å²) in [5.74, 6) is -0.379. The first kappa shape index (κ1) is 17.3. The van der Waals surface area contributed by atoms with Crippen molar-refractivity contribution in [3.05, 3.63) is 57.0 Å². The molecule has 2 aromatic carbocycles. The molecule has 0 spiro atoms. The fraction of sp³-hybridized carbons (Fsp3) is 0.0625. The minimum Gasteiger partial charge on any atom is -0.308 e. The lowest BCUT2D eigenvalue weighted by atomic mass is 10.2. The molecule has 1 amide bonds. The van der Waals surface area contributed by atoms with E-state index in [1.165, 1.54) is 11.3 Å². The van der Waals surface area contributed by atoms with Gasteiger partial charge in [0, 0.05) is 4.47 Å². The van der Waals surface area contributed by atoms with E-state index < -0.39 is 0 Å². The average molecular weight is 441 g/mol. The molecule has 3 aromatic rings. The highest BCUT2D eigenvalue weighted by atomic mass is 79.9. The van der Waals surface area contributed by atoms with E-state index in [-0.39, 0.29) is 11.0 Å². The number of hydrogen-bond acceptors (Lipinski definition) is 4. The lowest BCUT2D eigenvalue weighted by Gasteiger charge is -2.08. The summed E-state index contributed by atoms with van der Waals surface area (Å²) in [6, 6.07) is 11.1. The largest absolute Gasteiger partial charge is 0.308 e. The topological polar surface area (TPSA) is 54.0 Å². The minimum absolute atomic E-state index is 0.173. The van der Waals surface area contributed by atoms with E-state index in [9.17, 15) is 4.79 Å². The standard InChI is InChI=1S/C16H11BrClN3OS2/c1-8-2-5-12-13(6-8)24-16(19-12)21-15(23)20-14(22)10-7-9(17)3-4-11(10)18/h2-7H,1H3,(H2,19,20,21,22,23). The lowest BCUT2D eigenvalue weighted by Crippen LogP contribution is -2.34. The first-order chi connectivity index (χ1) is 11.4. The van der Waals surface area contributed by atoms with E-state index in [4.69, 9.17) is 23.8 Å². The number of anilines is 1. The zero-order valence-electron chi connectivity index (χ0n) is 12.4. The van der Waals surface area contributed by atoms with Crippen molar-refractivity contribution in [2.45, 2.75) is 6.92 Å². The van der Waals surface area contributed by atoms with Crippen molar-refractivity contribution in [3.63, 3.8) is 0 Å². The van der Waals surface area contributed by atoms with E-state index in [2.05, 4.69) is 37.6 Å². The maximum atomic E-state index is 12.3. The summed E-state index contributed by atoms with van der Waals surface area (Å²) >= 11 is 16.0. The van der Waals surface area contributed by atoms with Gasteiger partial charge in [0.25, 0.3) is 5.91 Å². The van der Waals surface area contributed by atoms with Crippen molar-refractivity contribution < 1.29 is 4.79 Å². The third-order valence-electron chi connectivity index (χ3n) is 3.16. The smallest absolute Gasteiger partial charge is 0.258 e. The number of aromatic nitrogens is 1. The number of thiazole rings is 1. The predicted molar refractivity (Wildman–Crippen MR) is 107 cm³/mol. The monoisotopic (exact) mass is 439 g/mol. The summed E-state index contributed by atoms with van der Waals surface area (Å²) in [6.07, 6.45) is 0. The quantitative estimate of drug-likeness (QED) is 0.541. The Kier molecular flexibility index (Phi) is 5.15. The van der Waals surface area contributed by atoms with Crippen molar-refractivity contribution >= 4 is 77.5 Å². The van der Waals surface area contributed by atoms with Crippen LogP contribution in [0.5, 0.6) is 0 Å². The van der Waals surface area contributed by atoms with Crippen LogP contribution >= 0.6 is 51.1 Å². The molecule has 0 aliphatic rings. The van der Waals surface area contributed by atoms with E-state index in [0.29, 0.717) is 15.7 Å². The summed E-state index contributed by atoms with van der Waals surface area (Å²) in [5, 5.41) is 6.70. The van der Waals surface area contributed by atoms with Gasteiger partial charge in [-0.25, -0.2) is 4.98 Å². The Bertz CT molecular complexity index is 958. The highest BCUT2D eigenvalue weighted by Gasteiger charge is 2.13. The average Bonchev–Trinajstić information content (AvgIpc) is 2.90. The number of rotatable bonds is 2. The molecule has 3 rings (SSSR count). The molecule has 1 aromatic heterocycles. The summed E-state index contributed by atoms with van der Waals surface area (Å²) < 4.78 is 1.82. The van der Waals surface area contributed by atoms with Gasteiger partial charge in [0.05, 0.1) is 20.8 Å². The van der Waals surface area contributed by atoms with Crippen LogP contribution in [-0.4, -0.2) is 16.0 Å². The van der Waals surface area contributed by atoms with Crippen LogP contribution in [0.1, 0.15) is 15.9 Å². The number of halogens is 2. The van der Waals surface area contributed by atoms with Gasteiger partial charge < -0.3 is 5.32 Å². The zero-order valence-corrected chi connectivity index (χ0v) is 16.4. The van der Waals surface area contributed by atoms with Crippen LogP contribution in [0.2, 0.25) is 5.02 Å². The predicted octanol–water partition coefficient (Wildman–Crippen LogP) is 5.15. The van der Waals surface area contributed by atoms with Crippen LogP contribution in [0.3, 0.4) is 0 Å². The second-order valence-electron chi connectivity index (χ2n) is 5.02. The van der Waals surface area contributed by atoms with Gasteiger partial charge in [-0.2, -0.15) is 0 Å². The molecule has 122 valence electrons. The molecule has 0 unspecified atom stereocenters. The van der Waals surface area contributed by atoms with Crippen molar-refractivity contribution in [1.29, 1.82) is 0 Å². The molecular formula is C16H11BrClN3OS2. The van der Waals surface area contributed by atoms with Crippen LogP contribution in [-0.2, 0) is 0 Å². The lowest BCUT2D eigenvalue weighted by molar-refractivity contribution is 0.0978. The Balaban J connectivity index is 1.72. The van der Waals surface area contributed by atoms with Crippen molar-refractivity contribution in [2.75, 3.05) is 5.32 Å². The number of benzene rings is 2. The zero-order chi connectivity index (χ0) is 17.3. The Labute approximate surface area is 161 Å². The molecule has 0 bridgehead atoms.